The van der Waals surface area contributed by atoms with Gasteiger partial charge < -0.3 is 68.0 Å². The lowest BCUT2D eigenvalue weighted by Gasteiger charge is -2.19. The lowest BCUT2D eigenvalue weighted by molar-refractivity contribution is -0.147. The maximum Gasteiger partial charge on any atom is 0.323 e. The van der Waals surface area contributed by atoms with Gasteiger partial charge in [0.15, 0.2) is 18.2 Å². The van der Waals surface area contributed by atoms with Crippen molar-refractivity contribution in [1.29, 1.82) is 0 Å². The monoisotopic (exact) mass is 997 g/mol. The summed E-state index contributed by atoms with van der Waals surface area (Å²) < 4.78 is 49.5. The van der Waals surface area contributed by atoms with Crippen LogP contribution in [0.1, 0.15) is 100 Å². The van der Waals surface area contributed by atoms with E-state index in [-0.39, 0.29) is 85.4 Å². The molecule has 0 aromatic carbocycles. The summed E-state index contributed by atoms with van der Waals surface area (Å²) in [7, 11) is 10.0. The van der Waals surface area contributed by atoms with E-state index in [0.717, 1.165) is 32.0 Å². The van der Waals surface area contributed by atoms with Crippen molar-refractivity contribution in [3.63, 3.8) is 0 Å². The van der Waals surface area contributed by atoms with E-state index in [0.29, 0.717) is 68.7 Å². The van der Waals surface area contributed by atoms with Crippen molar-refractivity contribution >= 4 is 62.6 Å². The lowest BCUT2D eigenvalue weighted by Crippen LogP contribution is -2.29. The van der Waals surface area contributed by atoms with E-state index in [1.165, 1.54) is 55.4 Å². The summed E-state index contributed by atoms with van der Waals surface area (Å²) >= 11 is 0. The number of nitrogens with two attached hydrogens (primary N) is 1. The Morgan fingerprint density at radius 3 is 1.56 bits per heavy atom. The fourth-order valence-corrected chi connectivity index (χ4v) is 5.13. The molecule has 5 N–H and O–H groups in total. The molecule has 0 amide bonds. The first-order valence-electron chi connectivity index (χ1n) is 22.1. The molecule has 2 aromatic rings. The first-order valence-corrected chi connectivity index (χ1v) is 22.7. The lowest BCUT2D eigenvalue weighted by atomic mass is 10.0. The molecule has 23 nitrogen and oxygen atoms in total. The fraction of sp³-hybridized carbons (Fsp3) is 0.750. The van der Waals surface area contributed by atoms with Crippen molar-refractivity contribution in [3.05, 3.63) is 6.33 Å². The van der Waals surface area contributed by atoms with E-state index in [1.54, 1.807) is 21.1 Å². The molecular weight excluding hydrogens is 915 g/mol. The van der Waals surface area contributed by atoms with E-state index in [9.17, 15) is 28.8 Å². The number of nitrogens with zero attached hydrogens (tertiary/aromatic N) is 3. The third-order valence-electron chi connectivity index (χ3n) is 9.45. The van der Waals surface area contributed by atoms with Crippen LogP contribution in [0.3, 0.4) is 0 Å². The van der Waals surface area contributed by atoms with E-state index in [4.69, 9.17) is 58.2 Å². The number of methoxy groups -OCH3 is 5. The Kier molecular flexibility index (Phi) is 43.4. The Balaban J connectivity index is -0.000000782. The zero-order valence-electron chi connectivity index (χ0n) is 42.4. The van der Waals surface area contributed by atoms with Gasteiger partial charge in [0.05, 0.1) is 46.5 Å². The van der Waals surface area contributed by atoms with Gasteiger partial charge in [-0.2, -0.15) is 9.97 Å². The van der Waals surface area contributed by atoms with Crippen LogP contribution in [0.5, 0.6) is 5.88 Å². The smallest absolute Gasteiger partial charge is 0.323 e. The van der Waals surface area contributed by atoms with Gasteiger partial charge in [0.1, 0.15) is 17.8 Å². The number of aldehydes is 1. The minimum atomic E-state index is -0.372. The molecule has 6 atom stereocenters. The number of rotatable bonds is 28. The summed E-state index contributed by atoms with van der Waals surface area (Å²) in [6.07, 6.45) is 6.92. The second-order valence-corrected chi connectivity index (χ2v) is 15.1. The number of aromatic amines is 1. The van der Waals surface area contributed by atoms with Crippen LogP contribution >= 0.6 is 9.39 Å². The highest BCUT2D eigenvalue weighted by Gasteiger charge is 2.18. The standard InChI is InChI=1S/C11H22NO4P.C10H20O4.C9H18O5.C8H14O3.C6H7N5O/c1-4-10(7-16-9(3)13)5-6-15-11(14)8(2)12-17;1-5-9(7-14-8(2)11)6-10(12-3)13-4;1-7(11)14-6-8(5-10)4-9(12-2)13-3;1-3-8(4-5-9)6-11-7(2)10;1-12-5-3-4(9-2-8-3)10-6(7)11-5/h8,10,12H,4-7,17H2,1-3H3;9-10H,5-7H2,1-4H3;8-10H,4-6H2,1-3H3;5,8H,3-4,6H2,1-2H3;2H,1H3,(H3,7,8,9,10,11)/t8-,10-;9-;2*8-;/m0010./s1. The second-order valence-electron chi connectivity index (χ2n) is 14.8. The van der Waals surface area contributed by atoms with Gasteiger partial charge in [0.2, 0.25) is 11.8 Å². The summed E-state index contributed by atoms with van der Waals surface area (Å²) in [5.41, 5.74) is 6.58. The average Bonchev–Trinajstić information content (AvgIpc) is 3.80. The Labute approximate surface area is 403 Å². The van der Waals surface area contributed by atoms with Gasteiger partial charge in [-0.15, -0.1) is 0 Å². The Hall–Kier alpha value is -4.64. The van der Waals surface area contributed by atoms with Crippen LogP contribution < -0.4 is 15.6 Å². The molecule has 2 aromatic heterocycles. The molecule has 0 aliphatic heterocycles. The summed E-state index contributed by atoms with van der Waals surface area (Å²) in [6.45, 7) is 15.0. The number of carbonyl (C=O) groups excluding carboxylic acids is 6. The molecule has 0 fully saturated rings. The number of nitrogen functional groups attached to an aromatic ring is 1. The summed E-state index contributed by atoms with van der Waals surface area (Å²) in [5, 5.41) is 11.7. The number of hydrogen-bond donors (Lipinski definition) is 4. The average molecular weight is 997 g/mol. The van der Waals surface area contributed by atoms with Crippen LogP contribution in [-0.4, -0.2) is 155 Å². The number of nitrogens with one attached hydrogen (secondary N) is 2. The SMILES string of the molecule is CC[C@@H](CC=O)COC(C)=O.CC[C@@H](CCOC(=O)[C@H](C)NP)COC(C)=O.CC[C@H](COC(C)=O)CC(OC)OC.COC(C[C@H](CO)COC(C)=O)OC.COc1nc(N)nc2nc[nH]c12. The topological polar surface area (TPSA) is 307 Å². The van der Waals surface area contributed by atoms with Crippen LogP contribution in [0.4, 0.5) is 5.95 Å². The Morgan fingerprint density at radius 1 is 0.721 bits per heavy atom. The van der Waals surface area contributed by atoms with Crippen molar-refractivity contribution in [2.45, 2.75) is 119 Å². The summed E-state index contributed by atoms with van der Waals surface area (Å²) in [4.78, 5) is 78.1. The number of carbonyl (C=O) groups is 6. The first kappa shape index (κ1) is 67.6. The number of fused-ring (bicyclic) bond motifs is 1. The van der Waals surface area contributed by atoms with Crippen molar-refractivity contribution < 1.29 is 81.2 Å². The highest BCUT2D eigenvalue weighted by Crippen LogP contribution is 2.19. The van der Waals surface area contributed by atoms with Crippen molar-refractivity contribution in [3.8, 4) is 5.88 Å². The first-order chi connectivity index (χ1) is 32.3. The maximum absolute atomic E-state index is 11.3. The number of hydrogen-bond acceptors (Lipinski definition) is 22. The normalized spacial score (nSPS) is 12.6. The van der Waals surface area contributed by atoms with Crippen molar-refractivity contribution in [1.82, 2.24) is 25.0 Å². The molecule has 0 saturated carbocycles. The molecule has 2 rings (SSSR count). The zero-order valence-corrected chi connectivity index (χ0v) is 43.5. The Bertz CT molecular complexity index is 1600. The third kappa shape index (κ3) is 36.4. The third-order valence-corrected chi connectivity index (χ3v) is 9.95. The molecular formula is C44H81N6O17P. The summed E-state index contributed by atoms with van der Waals surface area (Å²) in [6, 6.07) is -0.325. The number of ether oxygens (including phenoxy) is 10. The van der Waals surface area contributed by atoms with E-state index in [1.807, 2.05) is 13.8 Å². The van der Waals surface area contributed by atoms with Crippen LogP contribution in [-0.2, 0) is 71.4 Å². The van der Waals surface area contributed by atoms with Crippen molar-refractivity contribution in [2.24, 2.45) is 23.7 Å². The van der Waals surface area contributed by atoms with Crippen LogP contribution in [0.2, 0.25) is 0 Å². The van der Waals surface area contributed by atoms with Crippen molar-refractivity contribution in [2.75, 3.05) is 80.9 Å². The molecule has 24 heteroatoms. The van der Waals surface area contributed by atoms with E-state index < -0.39 is 0 Å². The van der Waals surface area contributed by atoms with Gasteiger partial charge in [-0.25, -0.2) is 4.98 Å². The number of aliphatic hydroxyl groups is 1. The quantitative estimate of drug-likeness (QED) is 0.0306. The molecule has 0 spiro atoms. The molecule has 0 aliphatic rings. The molecule has 0 radical (unpaired) electrons. The molecule has 394 valence electrons. The molecule has 68 heavy (non-hydrogen) atoms. The zero-order chi connectivity index (χ0) is 52.5. The minimum absolute atomic E-state index is 0.0590. The number of anilines is 1. The summed E-state index contributed by atoms with van der Waals surface area (Å²) in [5.74, 6) is -0.279. The highest BCUT2D eigenvalue weighted by molar-refractivity contribution is 7.13. The molecule has 1 unspecified atom stereocenters. The number of aliphatic hydroxyl groups excluding tert-OH is 1. The molecule has 2 heterocycles. The maximum atomic E-state index is 11.3. The van der Waals surface area contributed by atoms with E-state index >= 15 is 0 Å². The second kappa shape index (κ2) is 43.6. The van der Waals surface area contributed by atoms with Gasteiger partial charge in [0.25, 0.3) is 0 Å². The van der Waals surface area contributed by atoms with Gasteiger partial charge in [-0.05, 0) is 50.4 Å². The Morgan fingerprint density at radius 2 is 1.16 bits per heavy atom. The number of esters is 5. The largest absolute Gasteiger partial charge is 0.479 e. The van der Waals surface area contributed by atoms with Gasteiger partial charge in [-0.3, -0.25) is 29.1 Å². The van der Waals surface area contributed by atoms with Gasteiger partial charge in [0, 0.05) is 87.9 Å². The number of imidazole rings is 1. The predicted molar refractivity (Wildman–Crippen MR) is 255 cm³/mol. The fourth-order valence-electron chi connectivity index (χ4n) is 4.99. The highest BCUT2D eigenvalue weighted by atomic mass is 31.0. The van der Waals surface area contributed by atoms with Crippen LogP contribution in [0.15, 0.2) is 6.33 Å². The molecule has 0 saturated heterocycles. The van der Waals surface area contributed by atoms with E-state index in [2.05, 4.69) is 41.3 Å². The predicted octanol–water partition coefficient (Wildman–Crippen LogP) is 4.14. The molecule has 0 bridgehead atoms. The van der Waals surface area contributed by atoms with Gasteiger partial charge >= 0.3 is 29.8 Å². The van der Waals surface area contributed by atoms with Crippen LogP contribution in [0, 0.1) is 23.7 Å². The van der Waals surface area contributed by atoms with Crippen LogP contribution in [0.25, 0.3) is 11.2 Å². The minimum Gasteiger partial charge on any atom is -0.479 e. The number of H-pyrrole nitrogens is 1. The molecule has 0 aliphatic carbocycles. The van der Waals surface area contributed by atoms with Gasteiger partial charge in [-0.1, -0.05) is 30.2 Å². The number of aromatic nitrogens is 4.